The first kappa shape index (κ1) is 11.5. The van der Waals surface area contributed by atoms with E-state index in [1.165, 1.54) is 18.9 Å². The maximum absolute atomic E-state index is 13.4. The lowest BCUT2D eigenvalue weighted by molar-refractivity contribution is 0.431. The maximum Gasteiger partial charge on any atom is 0.194 e. The van der Waals surface area contributed by atoms with Crippen LogP contribution in [0.4, 0.5) is 13.2 Å². The molecular formula is C12H14F3N. The van der Waals surface area contributed by atoms with Crippen LogP contribution >= 0.6 is 0 Å². The Labute approximate surface area is 92.5 Å². The molecule has 0 radical (unpaired) electrons. The number of hydrogen-bond acceptors (Lipinski definition) is 1. The molecule has 0 saturated heterocycles. The van der Waals surface area contributed by atoms with E-state index < -0.39 is 23.5 Å². The molecule has 0 spiro atoms. The van der Waals surface area contributed by atoms with Crippen molar-refractivity contribution >= 4 is 0 Å². The molecule has 1 aliphatic carbocycles. The zero-order valence-corrected chi connectivity index (χ0v) is 8.85. The van der Waals surface area contributed by atoms with E-state index in [4.69, 9.17) is 5.73 Å². The lowest BCUT2D eigenvalue weighted by Crippen LogP contribution is -2.13. The number of benzene rings is 1. The van der Waals surface area contributed by atoms with E-state index in [1.54, 1.807) is 0 Å². The van der Waals surface area contributed by atoms with Crippen molar-refractivity contribution in [3.8, 4) is 0 Å². The fraction of sp³-hybridized carbons (Fsp3) is 0.500. The summed E-state index contributed by atoms with van der Waals surface area (Å²) in [5.41, 5.74) is 5.83. The van der Waals surface area contributed by atoms with Gasteiger partial charge in [0.15, 0.2) is 17.5 Å². The second kappa shape index (κ2) is 4.45. The van der Waals surface area contributed by atoms with E-state index in [1.807, 2.05) is 0 Å². The van der Waals surface area contributed by atoms with Crippen molar-refractivity contribution < 1.29 is 13.2 Å². The third kappa shape index (κ3) is 2.38. The van der Waals surface area contributed by atoms with E-state index in [2.05, 4.69) is 0 Å². The van der Waals surface area contributed by atoms with Gasteiger partial charge in [-0.25, -0.2) is 13.2 Å². The molecule has 1 unspecified atom stereocenters. The molecule has 16 heavy (non-hydrogen) atoms. The molecular weight excluding hydrogens is 215 g/mol. The van der Waals surface area contributed by atoms with E-state index in [-0.39, 0.29) is 5.56 Å². The largest absolute Gasteiger partial charge is 0.324 e. The predicted molar refractivity (Wildman–Crippen MR) is 55.2 cm³/mol. The first-order chi connectivity index (χ1) is 7.59. The molecule has 1 fully saturated rings. The summed E-state index contributed by atoms with van der Waals surface area (Å²) in [4.78, 5) is 0. The monoisotopic (exact) mass is 229 g/mol. The summed E-state index contributed by atoms with van der Waals surface area (Å²) in [6.07, 6.45) is 3.95. The number of halogens is 3. The summed E-state index contributed by atoms with van der Waals surface area (Å²) >= 11 is 0. The van der Waals surface area contributed by atoms with Gasteiger partial charge in [0.1, 0.15) is 0 Å². The van der Waals surface area contributed by atoms with Gasteiger partial charge in [-0.1, -0.05) is 18.9 Å². The van der Waals surface area contributed by atoms with Crippen molar-refractivity contribution in [3.63, 3.8) is 0 Å². The molecule has 0 amide bonds. The van der Waals surface area contributed by atoms with Crippen LogP contribution in [0.3, 0.4) is 0 Å². The predicted octanol–water partition coefficient (Wildman–Crippen LogP) is 3.29. The van der Waals surface area contributed by atoms with Gasteiger partial charge in [-0.3, -0.25) is 0 Å². The van der Waals surface area contributed by atoms with Crippen LogP contribution in [0.25, 0.3) is 0 Å². The van der Waals surface area contributed by atoms with Crippen molar-refractivity contribution in [2.75, 3.05) is 0 Å². The van der Waals surface area contributed by atoms with Gasteiger partial charge in [-0.15, -0.1) is 0 Å². The topological polar surface area (TPSA) is 26.0 Å². The van der Waals surface area contributed by atoms with Crippen molar-refractivity contribution in [2.45, 2.75) is 31.7 Å². The van der Waals surface area contributed by atoms with Gasteiger partial charge >= 0.3 is 0 Å². The molecule has 4 heteroatoms. The maximum atomic E-state index is 13.4. The molecule has 1 saturated carbocycles. The van der Waals surface area contributed by atoms with Crippen LogP contribution in [0.1, 0.15) is 37.3 Å². The van der Waals surface area contributed by atoms with Gasteiger partial charge in [0, 0.05) is 11.6 Å². The van der Waals surface area contributed by atoms with Crippen LogP contribution in [-0.2, 0) is 0 Å². The molecule has 1 nitrogen and oxygen atoms in total. The highest BCUT2D eigenvalue weighted by Crippen LogP contribution is 2.35. The molecule has 1 aromatic rings. The highest BCUT2D eigenvalue weighted by atomic mass is 19.2. The molecule has 0 bridgehead atoms. The fourth-order valence-corrected chi connectivity index (χ4v) is 1.80. The minimum absolute atomic E-state index is 0.0690. The molecule has 1 atom stereocenters. The van der Waals surface area contributed by atoms with Crippen LogP contribution in [-0.4, -0.2) is 0 Å². The lowest BCUT2D eigenvalue weighted by Gasteiger charge is -2.13. The summed E-state index contributed by atoms with van der Waals surface area (Å²) in [5.74, 6) is -3.06. The Morgan fingerprint density at radius 2 is 1.88 bits per heavy atom. The second-order valence-electron chi connectivity index (χ2n) is 4.39. The molecule has 0 aliphatic heterocycles. The highest BCUT2D eigenvalue weighted by Gasteiger charge is 2.24. The summed E-state index contributed by atoms with van der Waals surface area (Å²) < 4.78 is 39.0. The quantitative estimate of drug-likeness (QED) is 0.788. The van der Waals surface area contributed by atoms with Crippen molar-refractivity contribution in [2.24, 2.45) is 11.7 Å². The zero-order valence-electron chi connectivity index (χ0n) is 8.85. The SMILES string of the molecule is NC(CCC1CC1)c1ccc(F)c(F)c1F. The summed E-state index contributed by atoms with van der Waals surface area (Å²) in [6.45, 7) is 0. The Morgan fingerprint density at radius 1 is 1.19 bits per heavy atom. The summed E-state index contributed by atoms with van der Waals surface area (Å²) in [5, 5.41) is 0. The van der Waals surface area contributed by atoms with Gasteiger partial charge in [-0.05, 0) is 24.8 Å². The van der Waals surface area contributed by atoms with Crippen molar-refractivity contribution in [1.29, 1.82) is 0 Å². The average Bonchev–Trinajstić information content (AvgIpc) is 3.07. The van der Waals surface area contributed by atoms with Crippen LogP contribution in [0.5, 0.6) is 0 Å². The molecule has 0 aromatic heterocycles. The molecule has 2 N–H and O–H groups in total. The molecule has 0 heterocycles. The Hall–Kier alpha value is -1.03. The molecule has 2 rings (SSSR count). The number of rotatable bonds is 4. The smallest absolute Gasteiger partial charge is 0.194 e. The first-order valence-electron chi connectivity index (χ1n) is 5.48. The Kier molecular flexibility index (Phi) is 3.19. The minimum Gasteiger partial charge on any atom is -0.324 e. The third-order valence-electron chi connectivity index (χ3n) is 3.05. The molecule has 88 valence electrons. The second-order valence-corrected chi connectivity index (χ2v) is 4.39. The lowest BCUT2D eigenvalue weighted by atomic mass is 10.0. The van der Waals surface area contributed by atoms with Gasteiger partial charge in [0.2, 0.25) is 0 Å². The van der Waals surface area contributed by atoms with E-state index >= 15 is 0 Å². The summed E-state index contributed by atoms with van der Waals surface area (Å²) in [7, 11) is 0. The molecule has 1 aromatic carbocycles. The highest BCUT2D eigenvalue weighted by molar-refractivity contribution is 5.23. The van der Waals surface area contributed by atoms with Crippen LogP contribution in [0.15, 0.2) is 12.1 Å². The normalized spacial score (nSPS) is 17.5. The van der Waals surface area contributed by atoms with Gasteiger partial charge < -0.3 is 5.73 Å². The number of nitrogens with two attached hydrogens (primary N) is 1. The minimum atomic E-state index is -1.43. The Bertz CT molecular complexity index is 388. The standard InChI is InChI=1S/C12H14F3N/c13-9-5-4-8(11(14)12(9)15)10(16)6-3-7-1-2-7/h4-5,7,10H,1-3,6,16H2. The van der Waals surface area contributed by atoms with Crippen LogP contribution in [0.2, 0.25) is 0 Å². The van der Waals surface area contributed by atoms with E-state index in [0.717, 1.165) is 12.5 Å². The van der Waals surface area contributed by atoms with Crippen molar-refractivity contribution in [1.82, 2.24) is 0 Å². The van der Waals surface area contributed by atoms with Crippen LogP contribution in [0, 0.1) is 23.4 Å². The van der Waals surface area contributed by atoms with E-state index in [0.29, 0.717) is 12.3 Å². The third-order valence-corrected chi connectivity index (χ3v) is 3.05. The van der Waals surface area contributed by atoms with Gasteiger partial charge in [0.25, 0.3) is 0 Å². The van der Waals surface area contributed by atoms with Gasteiger partial charge in [0.05, 0.1) is 0 Å². The number of hydrogen-bond donors (Lipinski definition) is 1. The molecule has 1 aliphatic rings. The van der Waals surface area contributed by atoms with Crippen LogP contribution < -0.4 is 5.73 Å². The van der Waals surface area contributed by atoms with Gasteiger partial charge in [-0.2, -0.15) is 0 Å². The zero-order chi connectivity index (χ0) is 11.7. The van der Waals surface area contributed by atoms with E-state index in [9.17, 15) is 13.2 Å². The first-order valence-corrected chi connectivity index (χ1v) is 5.48. The fourth-order valence-electron chi connectivity index (χ4n) is 1.80. The Morgan fingerprint density at radius 3 is 2.50 bits per heavy atom. The Balaban J connectivity index is 2.09. The summed E-state index contributed by atoms with van der Waals surface area (Å²) in [6, 6.07) is 1.60. The van der Waals surface area contributed by atoms with Crippen molar-refractivity contribution in [3.05, 3.63) is 35.1 Å². The average molecular weight is 229 g/mol.